The van der Waals surface area contributed by atoms with Crippen LogP contribution in [0.3, 0.4) is 0 Å². The van der Waals surface area contributed by atoms with Crippen LogP contribution < -0.4 is 25.6 Å². The number of anilines is 2. The molecule has 5 aromatic rings. The van der Waals surface area contributed by atoms with Crippen molar-refractivity contribution in [2.75, 3.05) is 62.9 Å². The highest BCUT2D eigenvalue weighted by Gasteiger charge is 2.45. The molecule has 0 radical (unpaired) electrons. The second-order valence-corrected chi connectivity index (χ2v) is 21.7. The Morgan fingerprint density at radius 1 is 0.883 bits per heavy atom. The summed E-state index contributed by atoms with van der Waals surface area (Å²) in [4.78, 5) is 72.5. The van der Waals surface area contributed by atoms with Crippen LogP contribution in [0.15, 0.2) is 78.6 Å². The Balaban J connectivity index is 0.823. The summed E-state index contributed by atoms with van der Waals surface area (Å²) in [5, 5.41) is 19.2. The van der Waals surface area contributed by atoms with E-state index in [-0.39, 0.29) is 56.6 Å². The van der Waals surface area contributed by atoms with Gasteiger partial charge in [-0.05, 0) is 86.9 Å². The number of aliphatic hydroxyl groups excluding tert-OH is 1. The van der Waals surface area contributed by atoms with Gasteiger partial charge in [-0.3, -0.25) is 24.2 Å². The number of thiazole rings is 1. The number of β-amino-alcohol motifs (C(OH)–C–C–N with tert-alkyl or cyclic N) is 1. The maximum absolute atomic E-state index is 14.2. The summed E-state index contributed by atoms with van der Waals surface area (Å²) in [6.45, 7) is 13.3. The number of aromatic nitrogens is 3. The minimum atomic E-state index is -4.60. The second kappa shape index (κ2) is 24.9. The Labute approximate surface area is 450 Å². The van der Waals surface area contributed by atoms with Crippen molar-refractivity contribution in [3.63, 3.8) is 0 Å². The van der Waals surface area contributed by atoms with Crippen molar-refractivity contribution in [2.24, 2.45) is 5.41 Å². The number of ether oxygens (including phenoxy) is 4. The number of aliphatic hydroxyl groups is 1. The summed E-state index contributed by atoms with van der Waals surface area (Å²) in [6, 6.07) is 13.5. The van der Waals surface area contributed by atoms with Gasteiger partial charge in [0.2, 0.25) is 23.6 Å². The summed E-state index contributed by atoms with van der Waals surface area (Å²) in [7, 11) is 0. The molecule has 0 spiro atoms. The largest absolute Gasteiger partial charge is 0.473 e. The third-order valence-electron chi connectivity index (χ3n) is 14.0. The lowest BCUT2D eigenvalue weighted by Gasteiger charge is -2.35. The quantitative estimate of drug-likeness (QED) is 0.0613. The molecule has 17 nitrogen and oxygen atoms in total. The lowest BCUT2D eigenvalue weighted by atomic mass is 9.85. The number of halogens is 3. The maximum Gasteiger partial charge on any atom is 0.416 e. The smallest absolute Gasteiger partial charge is 0.416 e. The Kier molecular flexibility index (Phi) is 18.3. The number of alkyl halides is 3. The number of aryl methyl sites for hydroxylation is 2. The van der Waals surface area contributed by atoms with E-state index in [9.17, 15) is 37.5 Å². The van der Waals surface area contributed by atoms with E-state index in [4.69, 9.17) is 23.9 Å². The SMILES string of the molecule is Cc1ncc(NC(=O)c2cccc(C(F)(F)F)c2)cc1-c1cnc(O[C@@H]2CCC[C@@H](OCCOCC(=O)N[C@H](C(=O)N3C[C@H](O)C[C@H]3C(=O)N[C@@H](C)c3ccc(-c4scnc4C)cc3)C(C)(C)C)C2)c(N2CCOCC2)c1. The van der Waals surface area contributed by atoms with Crippen molar-refractivity contribution < 1.29 is 56.4 Å². The number of likely N-dealkylation sites (tertiary alicyclic amines) is 1. The lowest BCUT2D eigenvalue weighted by Crippen LogP contribution is -2.58. The molecule has 5 heterocycles. The summed E-state index contributed by atoms with van der Waals surface area (Å²) in [5.74, 6) is -1.64. The van der Waals surface area contributed by atoms with Gasteiger partial charge in [0.25, 0.3) is 5.91 Å². The van der Waals surface area contributed by atoms with Gasteiger partial charge in [-0.1, -0.05) is 51.1 Å². The molecule has 6 atom stereocenters. The average Bonchev–Trinajstić information content (AvgIpc) is 4.04. The molecular formula is C56H67F3N8O9S. The monoisotopic (exact) mass is 1080 g/mol. The fraction of sp³-hybridized carbons (Fsp3) is 0.482. The van der Waals surface area contributed by atoms with Gasteiger partial charge in [-0.2, -0.15) is 13.2 Å². The lowest BCUT2D eigenvalue weighted by molar-refractivity contribution is -0.144. The third-order valence-corrected chi connectivity index (χ3v) is 15.0. The molecule has 2 aliphatic heterocycles. The fourth-order valence-corrected chi connectivity index (χ4v) is 10.6. The maximum atomic E-state index is 14.2. The number of pyridine rings is 2. The molecule has 412 valence electrons. The molecule has 2 aromatic carbocycles. The number of hydrogen-bond donors (Lipinski definition) is 4. The molecule has 0 bridgehead atoms. The van der Waals surface area contributed by atoms with E-state index in [0.29, 0.717) is 61.1 Å². The number of benzene rings is 2. The standard InChI is InChI=1S/C56H67F3N8O9S/c1-33(36-13-15-37(16-14-36)49-35(3)62-32-77-49)63-52(71)46-26-42(68)30-67(46)54(72)50(55(4,5)6)65-48(69)31-74-21-22-75-43-11-8-12-44(27-43)76-53-47(66-17-19-73-20-18-66)24-39(28-61-53)45-25-41(29-60-34(45)2)64-51(70)38-9-7-10-40(23-38)56(57,58)59/h7,9-10,13-16,23-25,28-29,32-33,42-44,46,50,68H,8,11-12,17-22,26-27,30-31H2,1-6H3,(H,63,71)(H,64,70)(H,65,69)/t33-,42+,43+,44+,46-,50+/m0/s1. The van der Waals surface area contributed by atoms with E-state index >= 15 is 0 Å². The van der Waals surface area contributed by atoms with Crippen LogP contribution in [-0.2, 0) is 34.8 Å². The number of nitrogens with one attached hydrogen (secondary N) is 3. The molecule has 3 aliphatic rings. The molecule has 4 amide bonds. The van der Waals surface area contributed by atoms with Crippen LogP contribution in [0.4, 0.5) is 24.5 Å². The average molecular weight is 1090 g/mol. The first-order valence-corrected chi connectivity index (χ1v) is 26.8. The molecule has 1 aliphatic carbocycles. The van der Waals surface area contributed by atoms with Crippen molar-refractivity contribution in [1.82, 2.24) is 30.5 Å². The molecule has 3 aromatic heterocycles. The van der Waals surface area contributed by atoms with Gasteiger partial charge in [-0.15, -0.1) is 11.3 Å². The Hall–Kier alpha value is -6.52. The molecule has 1 saturated carbocycles. The summed E-state index contributed by atoms with van der Waals surface area (Å²) in [6.07, 6.45) is 0.320. The van der Waals surface area contributed by atoms with E-state index in [2.05, 4.69) is 30.8 Å². The molecule has 0 unspecified atom stereocenters. The van der Waals surface area contributed by atoms with E-state index in [1.54, 1.807) is 29.1 Å². The van der Waals surface area contributed by atoms with Crippen LogP contribution in [0.1, 0.15) is 98.7 Å². The number of amides is 4. The van der Waals surface area contributed by atoms with Crippen LogP contribution in [0.5, 0.6) is 5.88 Å². The molecular weight excluding hydrogens is 1020 g/mol. The summed E-state index contributed by atoms with van der Waals surface area (Å²) >= 11 is 1.56. The van der Waals surface area contributed by atoms with Gasteiger partial charge in [0, 0.05) is 61.1 Å². The van der Waals surface area contributed by atoms with Crippen LogP contribution in [0.25, 0.3) is 21.6 Å². The van der Waals surface area contributed by atoms with E-state index in [1.807, 2.05) is 71.9 Å². The Morgan fingerprint density at radius 3 is 2.35 bits per heavy atom. The van der Waals surface area contributed by atoms with Gasteiger partial charge in [-0.25, -0.2) is 9.97 Å². The molecule has 8 rings (SSSR count). The highest BCUT2D eigenvalue weighted by molar-refractivity contribution is 7.13. The van der Waals surface area contributed by atoms with E-state index in [1.165, 1.54) is 23.2 Å². The van der Waals surface area contributed by atoms with E-state index < -0.39 is 59.0 Å². The number of hydrogen-bond acceptors (Lipinski definition) is 14. The molecule has 4 N–H and O–H groups in total. The van der Waals surface area contributed by atoms with E-state index in [0.717, 1.165) is 58.8 Å². The number of rotatable bonds is 18. The van der Waals surface area contributed by atoms with Gasteiger partial charge in [0.1, 0.15) is 30.5 Å². The normalized spacial score (nSPS) is 19.8. The van der Waals surface area contributed by atoms with Gasteiger partial charge < -0.3 is 49.8 Å². The summed E-state index contributed by atoms with van der Waals surface area (Å²) in [5.41, 5.74) is 5.92. The topological polar surface area (TPSA) is 207 Å². The van der Waals surface area contributed by atoms with Gasteiger partial charge >= 0.3 is 6.18 Å². The van der Waals surface area contributed by atoms with Crippen LogP contribution >= 0.6 is 11.3 Å². The molecule has 77 heavy (non-hydrogen) atoms. The molecule has 3 fully saturated rings. The Bertz CT molecular complexity index is 2870. The first-order valence-electron chi connectivity index (χ1n) is 25.9. The minimum absolute atomic E-state index is 0.0491. The fourth-order valence-electron chi connectivity index (χ4n) is 9.82. The molecule has 2 saturated heterocycles. The second-order valence-electron chi connectivity index (χ2n) is 20.9. The number of carbonyl (C=O) groups is 4. The van der Waals surface area contributed by atoms with Crippen LogP contribution in [0.2, 0.25) is 0 Å². The predicted molar refractivity (Wildman–Crippen MR) is 284 cm³/mol. The zero-order chi connectivity index (χ0) is 55.0. The van der Waals surface area contributed by atoms with Gasteiger partial charge in [0.05, 0.1) is 78.2 Å². The number of morpholine rings is 1. The predicted octanol–water partition coefficient (Wildman–Crippen LogP) is 8.08. The van der Waals surface area contributed by atoms with Crippen LogP contribution in [0, 0.1) is 19.3 Å². The Morgan fingerprint density at radius 2 is 1.64 bits per heavy atom. The van der Waals surface area contributed by atoms with Gasteiger partial charge in [0.15, 0.2) is 0 Å². The zero-order valence-corrected chi connectivity index (χ0v) is 45.0. The van der Waals surface area contributed by atoms with Crippen molar-refractivity contribution in [3.05, 3.63) is 107 Å². The van der Waals surface area contributed by atoms with Crippen molar-refractivity contribution in [2.45, 2.75) is 116 Å². The first-order chi connectivity index (χ1) is 36.7. The highest BCUT2D eigenvalue weighted by Crippen LogP contribution is 2.37. The van der Waals surface area contributed by atoms with Crippen LogP contribution in [-0.4, -0.2) is 132 Å². The zero-order valence-electron chi connectivity index (χ0n) is 44.2. The van der Waals surface area contributed by atoms with Crippen molar-refractivity contribution >= 4 is 46.3 Å². The third kappa shape index (κ3) is 14.5. The first kappa shape index (κ1) is 56.7. The highest BCUT2D eigenvalue weighted by atomic mass is 32.1. The van der Waals surface area contributed by atoms with Crippen molar-refractivity contribution in [3.8, 4) is 27.4 Å². The van der Waals surface area contributed by atoms with Crippen molar-refractivity contribution in [1.29, 1.82) is 0 Å². The summed E-state index contributed by atoms with van der Waals surface area (Å²) < 4.78 is 64.3. The number of carbonyl (C=O) groups excluding carboxylic acids is 4. The number of nitrogens with zero attached hydrogens (tertiary/aromatic N) is 5. The minimum Gasteiger partial charge on any atom is -0.473 e. The molecule has 21 heteroatoms.